The molecule has 0 aliphatic carbocycles. The van der Waals surface area contributed by atoms with Gasteiger partial charge in [0.1, 0.15) is 18.2 Å². The van der Waals surface area contributed by atoms with Gasteiger partial charge in [-0.15, -0.1) is 0 Å². The number of rotatable bonds is 6. The zero-order valence-corrected chi connectivity index (χ0v) is 12.9. The fourth-order valence-corrected chi connectivity index (χ4v) is 2.30. The van der Waals surface area contributed by atoms with Crippen molar-refractivity contribution in [2.75, 3.05) is 13.2 Å². The van der Waals surface area contributed by atoms with Gasteiger partial charge >= 0.3 is 0 Å². The molecule has 0 aliphatic heterocycles. The van der Waals surface area contributed by atoms with Crippen molar-refractivity contribution in [3.63, 3.8) is 0 Å². The van der Waals surface area contributed by atoms with Crippen LogP contribution in [0.2, 0.25) is 0 Å². The van der Waals surface area contributed by atoms with Gasteiger partial charge in [0, 0.05) is 22.6 Å². The first-order valence-electron chi connectivity index (χ1n) is 6.53. The SMILES string of the molecule is CC(NCCOc1ccccc1)c1cc(Br)ccc1F. The Labute approximate surface area is 127 Å². The summed E-state index contributed by atoms with van der Waals surface area (Å²) in [5, 5.41) is 3.25. The number of hydrogen-bond acceptors (Lipinski definition) is 2. The van der Waals surface area contributed by atoms with Crippen LogP contribution in [0.1, 0.15) is 18.5 Å². The highest BCUT2D eigenvalue weighted by atomic mass is 79.9. The molecular formula is C16H17BrFNO. The van der Waals surface area contributed by atoms with E-state index < -0.39 is 0 Å². The quantitative estimate of drug-likeness (QED) is 0.792. The van der Waals surface area contributed by atoms with Gasteiger partial charge in [0.05, 0.1) is 0 Å². The average Bonchev–Trinajstić information content (AvgIpc) is 2.47. The molecule has 0 saturated carbocycles. The Kier molecular flexibility index (Phi) is 5.56. The molecule has 0 spiro atoms. The lowest BCUT2D eigenvalue weighted by molar-refractivity contribution is 0.307. The van der Waals surface area contributed by atoms with Gasteiger partial charge in [0.2, 0.25) is 0 Å². The maximum Gasteiger partial charge on any atom is 0.128 e. The van der Waals surface area contributed by atoms with Crippen molar-refractivity contribution in [3.8, 4) is 5.75 Å². The van der Waals surface area contributed by atoms with E-state index in [9.17, 15) is 4.39 Å². The Morgan fingerprint density at radius 3 is 2.70 bits per heavy atom. The third-order valence-corrected chi connectivity index (χ3v) is 3.48. The van der Waals surface area contributed by atoms with Crippen LogP contribution in [0.5, 0.6) is 5.75 Å². The highest BCUT2D eigenvalue weighted by Crippen LogP contribution is 2.21. The normalized spacial score (nSPS) is 12.2. The zero-order chi connectivity index (χ0) is 14.4. The fraction of sp³-hybridized carbons (Fsp3) is 0.250. The first-order chi connectivity index (χ1) is 9.66. The first-order valence-corrected chi connectivity index (χ1v) is 7.32. The molecule has 2 nitrogen and oxygen atoms in total. The first kappa shape index (κ1) is 15.0. The molecule has 2 aromatic rings. The van der Waals surface area contributed by atoms with Gasteiger partial charge in [0.15, 0.2) is 0 Å². The third kappa shape index (κ3) is 4.32. The third-order valence-electron chi connectivity index (χ3n) is 2.99. The van der Waals surface area contributed by atoms with Crippen LogP contribution >= 0.6 is 15.9 Å². The minimum atomic E-state index is -0.197. The van der Waals surface area contributed by atoms with Crippen molar-refractivity contribution in [3.05, 3.63) is 64.4 Å². The van der Waals surface area contributed by atoms with Crippen molar-refractivity contribution >= 4 is 15.9 Å². The number of benzene rings is 2. The summed E-state index contributed by atoms with van der Waals surface area (Å²) in [4.78, 5) is 0. The molecule has 0 heterocycles. The van der Waals surface area contributed by atoms with Gasteiger partial charge in [-0.05, 0) is 37.3 Å². The van der Waals surface area contributed by atoms with Gasteiger partial charge < -0.3 is 10.1 Å². The Balaban J connectivity index is 1.80. The molecule has 0 bridgehead atoms. The standard InChI is InChI=1S/C16H17BrFNO/c1-12(15-11-13(17)7-8-16(15)18)19-9-10-20-14-5-3-2-4-6-14/h2-8,11-12,19H,9-10H2,1H3. The molecule has 1 atom stereocenters. The Hall–Kier alpha value is -1.39. The number of nitrogens with one attached hydrogen (secondary N) is 1. The lowest BCUT2D eigenvalue weighted by atomic mass is 10.1. The number of para-hydroxylation sites is 1. The predicted octanol–water partition coefficient (Wildman–Crippen LogP) is 4.32. The van der Waals surface area contributed by atoms with E-state index in [-0.39, 0.29) is 11.9 Å². The minimum absolute atomic E-state index is 0.0631. The van der Waals surface area contributed by atoms with Gasteiger partial charge in [-0.2, -0.15) is 0 Å². The Bertz CT molecular complexity index is 547. The van der Waals surface area contributed by atoms with Crippen LogP contribution in [0.4, 0.5) is 4.39 Å². The summed E-state index contributed by atoms with van der Waals surface area (Å²) < 4.78 is 20.2. The molecule has 20 heavy (non-hydrogen) atoms. The molecule has 0 aliphatic rings. The van der Waals surface area contributed by atoms with Crippen molar-refractivity contribution in [2.24, 2.45) is 0 Å². The van der Waals surface area contributed by atoms with Crippen LogP contribution in [0.3, 0.4) is 0 Å². The molecule has 2 rings (SSSR count). The molecule has 2 aromatic carbocycles. The summed E-state index contributed by atoms with van der Waals surface area (Å²) in [6.45, 7) is 3.14. The highest BCUT2D eigenvalue weighted by Gasteiger charge is 2.10. The molecule has 0 fully saturated rings. The second-order valence-electron chi connectivity index (χ2n) is 4.50. The predicted molar refractivity (Wildman–Crippen MR) is 82.5 cm³/mol. The summed E-state index contributed by atoms with van der Waals surface area (Å²) in [5.41, 5.74) is 0.652. The highest BCUT2D eigenvalue weighted by molar-refractivity contribution is 9.10. The van der Waals surface area contributed by atoms with E-state index in [1.807, 2.05) is 37.3 Å². The molecule has 0 radical (unpaired) electrons. The van der Waals surface area contributed by atoms with Crippen molar-refractivity contribution < 1.29 is 9.13 Å². The molecule has 1 N–H and O–H groups in total. The van der Waals surface area contributed by atoms with Crippen molar-refractivity contribution in [1.29, 1.82) is 0 Å². The summed E-state index contributed by atoms with van der Waals surface area (Å²) in [6, 6.07) is 14.5. The smallest absolute Gasteiger partial charge is 0.128 e. The van der Waals surface area contributed by atoms with Crippen LogP contribution in [-0.2, 0) is 0 Å². The van der Waals surface area contributed by atoms with E-state index in [2.05, 4.69) is 21.2 Å². The maximum absolute atomic E-state index is 13.7. The van der Waals surface area contributed by atoms with E-state index in [1.54, 1.807) is 12.1 Å². The van der Waals surface area contributed by atoms with Crippen LogP contribution in [0.25, 0.3) is 0 Å². The second kappa shape index (κ2) is 7.41. The van der Waals surface area contributed by atoms with Crippen LogP contribution < -0.4 is 10.1 Å². The molecule has 0 amide bonds. The average molecular weight is 338 g/mol. The topological polar surface area (TPSA) is 21.3 Å². The Morgan fingerprint density at radius 1 is 1.20 bits per heavy atom. The number of halogens is 2. The van der Waals surface area contributed by atoms with Crippen LogP contribution in [0, 0.1) is 5.82 Å². The summed E-state index contributed by atoms with van der Waals surface area (Å²) in [5.74, 6) is 0.646. The maximum atomic E-state index is 13.7. The number of hydrogen-bond donors (Lipinski definition) is 1. The second-order valence-corrected chi connectivity index (χ2v) is 5.42. The fourth-order valence-electron chi connectivity index (χ4n) is 1.92. The molecular weight excluding hydrogens is 321 g/mol. The molecule has 0 aromatic heterocycles. The Morgan fingerprint density at radius 2 is 1.95 bits per heavy atom. The van der Waals surface area contributed by atoms with Gasteiger partial charge in [0.25, 0.3) is 0 Å². The monoisotopic (exact) mass is 337 g/mol. The van der Waals surface area contributed by atoms with Gasteiger partial charge in [-0.25, -0.2) is 4.39 Å². The molecule has 4 heteroatoms. The molecule has 1 unspecified atom stereocenters. The molecule has 0 saturated heterocycles. The number of ether oxygens (including phenoxy) is 1. The van der Waals surface area contributed by atoms with E-state index in [1.165, 1.54) is 6.07 Å². The largest absolute Gasteiger partial charge is 0.492 e. The summed E-state index contributed by atoms with van der Waals surface area (Å²) >= 11 is 3.36. The van der Waals surface area contributed by atoms with Gasteiger partial charge in [-0.3, -0.25) is 0 Å². The van der Waals surface area contributed by atoms with E-state index in [0.717, 1.165) is 10.2 Å². The lowest BCUT2D eigenvalue weighted by Crippen LogP contribution is -2.25. The van der Waals surface area contributed by atoms with E-state index in [4.69, 9.17) is 4.74 Å². The van der Waals surface area contributed by atoms with Gasteiger partial charge in [-0.1, -0.05) is 34.1 Å². The summed E-state index contributed by atoms with van der Waals surface area (Å²) in [6.07, 6.45) is 0. The molecule has 106 valence electrons. The lowest BCUT2D eigenvalue weighted by Gasteiger charge is -2.15. The minimum Gasteiger partial charge on any atom is -0.492 e. The van der Waals surface area contributed by atoms with Crippen molar-refractivity contribution in [2.45, 2.75) is 13.0 Å². The van der Waals surface area contributed by atoms with Crippen LogP contribution in [-0.4, -0.2) is 13.2 Å². The summed E-state index contributed by atoms with van der Waals surface area (Å²) in [7, 11) is 0. The zero-order valence-electron chi connectivity index (χ0n) is 11.3. The van der Waals surface area contributed by atoms with E-state index in [0.29, 0.717) is 18.7 Å². The van der Waals surface area contributed by atoms with Crippen molar-refractivity contribution in [1.82, 2.24) is 5.32 Å². The van der Waals surface area contributed by atoms with E-state index >= 15 is 0 Å². The van der Waals surface area contributed by atoms with Crippen LogP contribution in [0.15, 0.2) is 53.0 Å².